The van der Waals surface area contributed by atoms with E-state index in [0.29, 0.717) is 29.1 Å². The molecule has 0 saturated heterocycles. The quantitative estimate of drug-likeness (QED) is 0.843. The number of oxazole rings is 1. The summed E-state index contributed by atoms with van der Waals surface area (Å²) in [5.41, 5.74) is 1.97. The number of nitrogens with zero attached hydrogens (tertiary/aromatic N) is 1. The standard InChI is InChI=1S/C18H18N2O4/c1-2-14-20-12-8-11(5-6-13(12)24-14)19-17(21)15-9-3-4-10(7-9)16(15)18(22)23/h3-6,8-10,15-16H,2,7H2,1H3,(H,19,21)(H,22,23)/t9-,10-,15-,16-/m0/s1. The number of rotatable bonds is 4. The van der Waals surface area contributed by atoms with Gasteiger partial charge in [-0.15, -0.1) is 0 Å². The molecule has 0 unspecified atom stereocenters. The van der Waals surface area contributed by atoms with Crippen molar-refractivity contribution in [3.8, 4) is 0 Å². The van der Waals surface area contributed by atoms with Crippen LogP contribution in [0.4, 0.5) is 5.69 Å². The fourth-order valence-electron chi connectivity index (χ4n) is 3.95. The van der Waals surface area contributed by atoms with E-state index in [1.165, 1.54) is 0 Å². The number of amides is 1. The molecule has 4 atom stereocenters. The number of aryl methyl sites for hydroxylation is 1. The van der Waals surface area contributed by atoms with Crippen LogP contribution in [0, 0.1) is 23.7 Å². The fraction of sp³-hybridized carbons (Fsp3) is 0.389. The fourth-order valence-corrected chi connectivity index (χ4v) is 3.95. The van der Waals surface area contributed by atoms with Gasteiger partial charge in [-0.05, 0) is 36.5 Å². The van der Waals surface area contributed by atoms with Crippen LogP contribution in [-0.4, -0.2) is 22.0 Å². The van der Waals surface area contributed by atoms with E-state index in [1.54, 1.807) is 18.2 Å². The number of carboxylic acid groups (broad SMARTS) is 1. The molecule has 2 aromatic rings. The summed E-state index contributed by atoms with van der Waals surface area (Å²) in [6, 6.07) is 5.28. The van der Waals surface area contributed by atoms with Gasteiger partial charge in [0.25, 0.3) is 0 Å². The van der Waals surface area contributed by atoms with Crippen molar-refractivity contribution in [3.05, 3.63) is 36.2 Å². The number of benzene rings is 1. The number of nitrogens with one attached hydrogen (secondary N) is 1. The highest BCUT2D eigenvalue weighted by Gasteiger charge is 2.51. The Balaban J connectivity index is 1.57. The molecule has 0 spiro atoms. The van der Waals surface area contributed by atoms with Crippen molar-refractivity contribution < 1.29 is 19.1 Å². The smallest absolute Gasteiger partial charge is 0.307 e. The number of aromatic nitrogens is 1. The van der Waals surface area contributed by atoms with Crippen molar-refractivity contribution in [2.45, 2.75) is 19.8 Å². The molecule has 1 amide bonds. The summed E-state index contributed by atoms with van der Waals surface area (Å²) < 4.78 is 5.56. The van der Waals surface area contributed by atoms with Gasteiger partial charge in [0, 0.05) is 12.1 Å². The highest BCUT2D eigenvalue weighted by Crippen LogP contribution is 2.48. The normalized spacial score (nSPS) is 27.7. The topological polar surface area (TPSA) is 92.4 Å². The number of carbonyl (C=O) groups is 2. The number of anilines is 1. The minimum Gasteiger partial charge on any atom is -0.481 e. The van der Waals surface area contributed by atoms with Gasteiger partial charge in [0.2, 0.25) is 5.91 Å². The van der Waals surface area contributed by atoms with Gasteiger partial charge in [-0.1, -0.05) is 19.1 Å². The Kier molecular flexibility index (Phi) is 3.40. The molecule has 0 aliphatic heterocycles. The third-order valence-corrected chi connectivity index (χ3v) is 5.05. The van der Waals surface area contributed by atoms with Crippen molar-refractivity contribution in [3.63, 3.8) is 0 Å². The minimum atomic E-state index is -0.897. The first-order chi connectivity index (χ1) is 11.6. The van der Waals surface area contributed by atoms with Crippen molar-refractivity contribution in [2.24, 2.45) is 23.7 Å². The summed E-state index contributed by atoms with van der Waals surface area (Å²) >= 11 is 0. The van der Waals surface area contributed by atoms with Crippen LogP contribution < -0.4 is 5.32 Å². The van der Waals surface area contributed by atoms with E-state index in [9.17, 15) is 14.7 Å². The van der Waals surface area contributed by atoms with Crippen molar-refractivity contribution >= 4 is 28.7 Å². The second kappa shape index (κ2) is 5.47. The molecular weight excluding hydrogens is 308 g/mol. The number of hydrogen-bond donors (Lipinski definition) is 2. The number of aliphatic carboxylic acids is 1. The van der Waals surface area contributed by atoms with Crippen molar-refractivity contribution in [2.75, 3.05) is 5.32 Å². The highest BCUT2D eigenvalue weighted by molar-refractivity contribution is 5.97. The van der Waals surface area contributed by atoms with Crippen LogP contribution in [0.1, 0.15) is 19.2 Å². The predicted octanol–water partition coefficient (Wildman–Crippen LogP) is 2.85. The Labute approximate surface area is 138 Å². The second-order valence-electron chi connectivity index (χ2n) is 6.47. The maximum Gasteiger partial charge on any atom is 0.307 e. The van der Waals surface area contributed by atoms with Crippen LogP contribution >= 0.6 is 0 Å². The van der Waals surface area contributed by atoms with Gasteiger partial charge in [0.15, 0.2) is 11.5 Å². The lowest BCUT2D eigenvalue weighted by Crippen LogP contribution is -2.36. The Morgan fingerprint density at radius 1 is 1.29 bits per heavy atom. The van der Waals surface area contributed by atoms with E-state index in [4.69, 9.17) is 4.42 Å². The van der Waals surface area contributed by atoms with Crippen molar-refractivity contribution in [1.82, 2.24) is 4.98 Å². The van der Waals surface area contributed by atoms with E-state index >= 15 is 0 Å². The minimum absolute atomic E-state index is 0.0126. The van der Waals surface area contributed by atoms with Crippen LogP contribution in [-0.2, 0) is 16.0 Å². The van der Waals surface area contributed by atoms with Gasteiger partial charge in [0.1, 0.15) is 5.52 Å². The zero-order chi connectivity index (χ0) is 16.8. The molecule has 4 rings (SSSR count). The number of hydrogen-bond acceptors (Lipinski definition) is 4. The van der Waals surface area contributed by atoms with Gasteiger partial charge in [0.05, 0.1) is 11.8 Å². The lowest BCUT2D eigenvalue weighted by molar-refractivity contribution is -0.146. The Bertz CT molecular complexity index is 854. The number of carboxylic acids is 1. The zero-order valence-corrected chi connectivity index (χ0v) is 13.2. The first-order valence-electron chi connectivity index (χ1n) is 8.18. The van der Waals surface area contributed by atoms with E-state index in [2.05, 4.69) is 10.3 Å². The molecule has 1 fully saturated rings. The molecule has 24 heavy (non-hydrogen) atoms. The summed E-state index contributed by atoms with van der Waals surface area (Å²) in [6.07, 6.45) is 5.36. The predicted molar refractivity (Wildman–Crippen MR) is 87.4 cm³/mol. The number of carbonyl (C=O) groups excluding carboxylic acids is 1. The summed E-state index contributed by atoms with van der Waals surface area (Å²) in [4.78, 5) is 28.6. The molecule has 6 nitrogen and oxygen atoms in total. The van der Waals surface area contributed by atoms with Gasteiger partial charge in [-0.2, -0.15) is 0 Å². The van der Waals surface area contributed by atoms with Gasteiger partial charge >= 0.3 is 5.97 Å². The summed E-state index contributed by atoms with van der Waals surface area (Å²) in [5, 5.41) is 12.3. The average Bonchev–Trinajstić information content (AvgIpc) is 3.26. The highest BCUT2D eigenvalue weighted by atomic mass is 16.4. The van der Waals surface area contributed by atoms with E-state index in [0.717, 1.165) is 6.42 Å². The molecule has 1 heterocycles. The van der Waals surface area contributed by atoms with Gasteiger partial charge in [-0.25, -0.2) is 4.98 Å². The van der Waals surface area contributed by atoms with E-state index in [1.807, 2.05) is 19.1 Å². The van der Waals surface area contributed by atoms with E-state index in [-0.39, 0.29) is 17.7 Å². The monoisotopic (exact) mass is 326 g/mol. The maximum atomic E-state index is 12.7. The van der Waals surface area contributed by atoms with Gasteiger partial charge in [-0.3, -0.25) is 9.59 Å². The van der Waals surface area contributed by atoms with Crippen LogP contribution in [0.25, 0.3) is 11.1 Å². The molecule has 2 aliphatic rings. The third-order valence-electron chi connectivity index (χ3n) is 5.05. The Morgan fingerprint density at radius 2 is 2.04 bits per heavy atom. The largest absolute Gasteiger partial charge is 0.481 e. The molecule has 124 valence electrons. The molecule has 2 N–H and O–H groups in total. The molecule has 1 aromatic heterocycles. The third kappa shape index (κ3) is 2.29. The molecule has 2 bridgehead atoms. The van der Waals surface area contributed by atoms with Crippen molar-refractivity contribution in [1.29, 1.82) is 0 Å². The first kappa shape index (κ1) is 14.9. The molecular formula is C18H18N2O4. The molecule has 6 heteroatoms. The summed E-state index contributed by atoms with van der Waals surface area (Å²) in [5.74, 6) is -1.66. The number of allylic oxidation sites excluding steroid dienone is 2. The Morgan fingerprint density at radius 3 is 2.75 bits per heavy atom. The molecule has 1 saturated carbocycles. The molecule has 1 aromatic carbocycles. The molecule has 0 radical (unpaired) electrons. The van der Waals surface area contributed by atoms with Crippen LogP contribution in [0.2, 0.25) is 0 Å². The summed E-state index contributed by atoms with van der Waals surface area (Å²) in [6.45, 7) is 1.96. The SMILES string of the molecule is CCc1nc2cc(NC(=O)[C@@H]3[C@@H](C(=O)O)[C@H]4C=C[C@H]3C4)ccc2o1. The maximum absolute atomic E-state index is 12.7. The lowest BCUT2D eigenvalue weighted by atomic mass is 9.82. The summed E-state index contributed by atoms with van der Waals surface area (Å²) in [7, 11) is 0. The lowest BCUT2D eigenvalue weighted by Gasteiger charge is -2.23. The van der Waals surface area contributed by atoms with Crippen LogP contribution in [0.5, 0.6) is 0 Å². The van der Waals surface area contributed by atoms with Crippen LogP contribution in [0.15, 0.2) is 34.8 Å². The van der Waals surface area contributed by atoms with E-state index < -0.39 is 17.8 Å². The Hall–Kier alpha value is -2.63. The molecule has 2 aliphatic carbocycles. The number of fused-ring (bicyclic) bond motifs is 3. The second-order valence-corrected chi connectivity index (χ2v) is 6.47. The van der Waals surface area contributed by atoms with Crippen LogP contribution in [0.3, 0.4) is 0 Å². The first-order valence-corrected chi connectivity index (χ1v) is 8.18. The van der Waals surface area contributed by atoms with Gasteiger partial charge < -0.3 is 14.8 Å². The zero-order valence-electron chi connectivity index (χ0n) is 13.2. The average molecular weight is 326 g/mol.